The van der Waals surface area contributed by atoms with Crippen LogP contribution in [0.1, 0.15) is 22.5 Å². The maximum atomic E-state index is 13.4. The quantitative estimate of drug-likeness (QED) is 0.260. The van der Waals surface area contributed by atoms with E-state index in [0.717, 1.165) is 27.5 Å². The molecule has 0 unspecified atom stereocenters. The zero-order chi connectivity index (χ0) is 28.7. The summed E-state index contributed by atoms with van der Waals surface area (Å²) in [6.45, 7) is 4.15. The second-order valence-corrected chi connectivity index (χ2v) is 9.57. The van der Waals surface area contributed by atoms with Gasteiger partial charge in [-0.05, 0) is 85.6 Å². The van der Waals surface area contributed by atoms with E-state index >= 15 is 0 Å². The summed E-state index contributed by atoms with van der Waals surface area (Å²) in [7, 11) is 0. The van der Waals surface area contributed by atoms with Gasteiger partial charge in [0.05, 0.1) is 5.69 Å². The van der Waals surface area contributed by atoms with Gasteiger partial charge in [-0.15, -0.1) is 0 Å². The van der Waals surface area contributed by atoms with E-state index in [1.165, 1.54) is 24.3 Å². The van der Waals surface area contributed by atoms with Crippen LogP contribution in [0.3, 0.4) is 0 Å². The lowest BCUT2D eigenvalue weighted by Gasteiger charge is -2.26. The predicted octanol–water partition coefficient (Wildman–Crippen LogP) is 5.21. The number of rotatable bonds is 6. The van der Waals surface area contributed by atoms with E-state index in [9.17, 15) is 18.8 Å². The molecule has 0 aliphatic carbocycles. The highest BCUT2D eigenvalue weighted by molar-refractivity contribution is 6.39. The number of carbonyl (C=O) groups is 3. The Morgan fingerprint density at radius 1 is 0.902 bits per heavy atom. The van der Waals surface area contributed by atoms with Gasteiger partial charge in [-0.25, -0.2) is 14.1 Å². The van der Waals surface area contributed by atoms with Crippen molar-refractivity contribution >= 4 is 29.6 Å². The zero-order valence-corrected chi connectivity index (χ0v) is 22.1. The van der Waals surface area contributed by atoms with Crippen LogP contribution < -0.4 is 24.4 Å². The number of carbonyl (C=O) groups excluding carboxylic acids is 3. The highest BCUT2D eigenvalue weighted by atomic mass is 19.1. The Morgan fingerprint density at radius 3 is 2.37 bits per heavy atom. The van der Waals surface area contributed by atoms with E-state index in [2.05, 4.69) is 5.32 Å². The van der Waals surface area contributed by atoms with Gasteiger partial charge in [-0.3, -0.25) is 14.9 Å². The molecule has 0 atom stereocenters. The Morgan fingerprint density at radius 2 is 1.61 bits per heavy atom. The van der Waals surface area contributed by atoms with Gasteiger partial charge in [0.25, 0.3) is 11.8 Å². The average molecular weight is 554 g/mol. The summed E-state index contributed by atoms with van der Waals surface area (Å²) in [5.74, 6) is -0.254. The number of aryl methyl sites for hydroxylation is 1. The number of amides is 4. The first-order valence-electron chi connectivity index (χ1n) is 12.8. The van der Waals surface area contributed by atoms with E-state index in [-0.39, 0.29) is 23.9 Å². The zero-order valence-electron chi connectivity index (χ0n) is 22.1. The molecule has 206 valence electrons. The van der Waals surface area contributed by atoms with Gasteiger partial charge in [0.2, 0.25) is 6.79 Å². The summed E-state index contributed by atoms with van der Waals surface area (Å²) < 4.78 is 31.6. The van der Waals surface area contributed by atoms with Gasteiger partial charge in [-0.2, -0.15) is 0 Å². The van der Waals surface area contributed by atoms with Crippen molar-refractivity contribution in [3.8, 4) is 22.9 Å². The molecule has 4 amide bonds. The minimum absolute atomic E-state index is 0.0456. The molecule has 9 nitrogen and oxygen atoms in total. The van der Waals surface area contributed by atoms with Crippen LogP contribution in [-0.2, 0) is 16.2 Å². The molecule has 4 aromatic rings. The molecule has 1 aromatic heterocycles. The predicted molar refractivity (Wildman–Crippen MR) is 148 cm³/mol. The smallest absolute Gasteiger partial charge is 0.335 e. The summed E-state index contributed by atoms with van der Waals surface area (Å²) in [6.07, 6.45) is 1.49. The molecule has 41 heavy (non-hydrogen) atoms. The van der Waals surface area contributed by atoms with Crippen LogP contribution >= 0.6 is 0 Å². The third kappa shape index (κ3) is 4.91. The largest absolute Gasteiger partial charge is 0.489 e. The van der Waals surface area contributed by atoms with Gasteiger partial charge >= 0.3 is 6.03 Å². The lowest BCUT2D eigenvalue weighted by atomic mass is 10.1. The maximum Gasteiger partial charge on any atom is 0.335 e. The Hall–Kier alpha value is -5.38. The summed E-state index contributed by atoms with van der Waals surface area (Å²) in [6, 6.07) is 19.3. The number of nitrogens with zero attached hydrogens (tertiary/aromatic N) is 2. The van der Waals surface area contributed by atoms with E-state index in [1.807, 2.05) is 48.7 Å². The average Bonchev–Trinajstić information content (AvgIpc) is 3.54. The Bertz CT molecular complexity index is 1720. The van der Waals surface area contributed by atoms with Crippen molar-refractivity contribution in [3.63, 3.8) is 0 Å². The standard InChI is InChI=1S/C31H24FN3O6/c1-18-13-21(19(2)34(18)23-7-10-25(11-8-23)39-16-20-3-5-22(32)6-4-20)14-26-29(36)33-31(38)35(30(26)37)24-9-12-27-28(15-24)41-17-40-27/h3-15H,16-17H2,1-2H3,(H,33,36,38)/b26-14+. The van der Waals surface area contributed by atoms with E-state index < -0.39 is 17.8 Å². The van der Waals surface area contributed by atoms with Gasteiger partial charge < -0.3 is 18.8 Å². The molecule has 6 rings (SSSR count). The third-order valence-electron chi connectivity index (χ3n) is 6.90. The fraction of sp³-hybridized carbons (Fsp3) is 0.129. The van der Waals surface area contributed by atoms with Crippen LogP contribution in [0.5, 0.6) is 17.2 Å². The third-order valence-corrected chi connectivity index (χ3v) is 6.90. The summed E-state index contributed by atoms with van der Waals surface area (Å²) in [5.41, 5.74) is 4.11. The number of barbiturate groups is 1. The molecule has 0 bridgehead atoms. The molecule has 1 saturated heterocycles. The molecule has 3 aromatic carbocycles. The molecule has 0 saturated carbocycles. The van der Waals surface area contributed by atoms with Crippen LogP contribution in [-0.4, -0.2) is 29.2 Å². The number of fused-ring (bicyclic) bond motifs is 1. The minimum Gasteiger partial charge on any atom is -0.489 e. The number of hydrogen-bond donors (Lipinski definition) is 1. The molecule has 1 fully saturated rings. The Kier molecular flexibility index (Phi) is 6.50. The summed E-state index contributed by atoms with van der Waals surface area (Å²) in [4.78, 5) is 39.7. The Labute approximate surface area is 234 Å². The molecule has 3 heterocycles. The van der Waals surface area contributed by atoms with Crippen LogP contribution in [0.4, 0.5) is 14.9 Å². The highest BCUT2D eigenvalue weighted by Gasteiger charge is 2.37. The van der Waals surface area contributed by atoms with Crippen molar-refractivity contribution in [2.75, 3.05) is 11.7 Å². The number of hydrogen-bond acceptors (Lipinski definition) is 6. The highest BCUT2D eigenvalue weighted by Crippen LogP contribution is 2.36. The van der Waals surface area contributed by atoms with Crippen molar-refractivity contribution < 1.29 is 33.0 Å². The van der Waals surface area contributed by atoms with Crippen molar-refractivity contribution in [2.45, 2.75) is 20.5 Å². The number of imide groups is 2. The van der Waals surface area contributed by atoms with Gasteiger partial charge in [0, 0.05) is 23.1 Å². The molecular formula is C31H24FN3O6. The molecule has 2 aliphatic rings. The fourth-order valence-electron chi connectivity index (χ4n) is 4.84. The van der Waals surface area contributed by atoms with Crippen molar-refractivity contribution in [3.05, 3.63) is 107 Å². The number of urea groups is 1. The molecule has 10 heteroatoms. The van der Waals surface area contributed by atoms with Crippen molar-refractivity contribution in [1.29, 1.82) is 0 Å². The fourth-order valence-corrected chi connectivity index (χ4v) is 4.84. The summed E-state index contributed by atoms with van der Waals surface area (Å²) in [5, 5.41) is 2.25. The normalized spacial score (nSPS) is 15.4. The van der Waals surface area contributed by atoms with E-state index in [0.29, 0.717) is 29.4 Å². The lowest BCUT2D eigenvalue weighted by Crippen LogP contribution is -2.54. The van der Waals surface area contributed by atoms with Crippen LogP contribution in [0.25, 0.3) is 11.8 Å². The molecule has 2 aliphatic heterocycles. The molecule has 0 spiro atoms. The van der Waals surface area contributed by atoms with Crippen LogP contribution in [0, 0.1) is 19.7 Å². The van der Waals surface area contributed by atoms with Gasteiger partial charge in [-0.1, -0.05) is 12.1 Å². The number of halogens is 1. The number of ether oxygens (including phenoxy) is 3. The van der Waals surface area contributed by atoms with E-state index in [4.69, 9.17) is 14.2 Å². The van der Waals surface area contributed by atoms with Gasteiger partial charge in [0.15, 0.2) is 11.5 Å². The maximum absolute atomic E-state index is 13.4. The summed E-state index contributed by atoms with van der Waals surface area (Å²) >= 11 is 0. The number of aromatic nitrogens is 1. The first kappa shape index (κ1) is 25.9. The monoisotopic (exact) mass is 553 g/mol. The number of nitrogens with one attached hydrogen (secondary N) is 1. The number of benzene rings is 3. The Balaban J connectivity index is 1.24. The van der Waals surface area contributed by atoms with Crippen LogP contribution in [0.2, 0.25) is 0 Å². The van der Waals surface area contributed by atoms with Crippen molar-refractivity contribution in [1.82, 2.24) is 9.88 Å². The molecular weight excluding hydrogens is 529 g/mol. The second kappa shape index (κ2) is 10.3. The minimum atomic E-state index is -0.844. The van der Waals surface area contributed by atoms with E-state index in [1.54, 1.807) is 24.3 Å². The van der Waals surface area contributed by atoms with Gasteiger partial charge in [0.1, 0.15) is 23.7 Å². The first-order valence-corrected chi connectivity index (χ1v) is 12.8. The second-order valence-electron chi connectivity index (χ2n) is 9.57. The molecule has 0 radical (unpaired) electrons. The first-order chi connectivity index (χ1) is 19.8. The SMILES string of the molecule is Cc1cc(/C=C2\C(=O)NC(=O)N(c3ccc4c(c3)OCO4)C2=O)c(C)n1-c1ccc(OCc2ccc(F)cc2)cc1. The topological polar surface area (TPSA) is 99.1 Å². The van der Waals surface area contributed by atoms with Crippen LogP contribution in [0.15, 0.2) is 78.4 Å². The van der Waals surface area contributed by atoms with Crippen molar-refractivity contribution in [2.24, 2.45) is 0 Å². The number of anilines is 1. The molecule has 1 N–H and O–H groups in total. The lowest BCUT2D eigenvalue weighted by molar-refractivity contribution is -0.122.